The van der Waals surface area contributed by atoms with Gasteiger partial charge in [-0.05, 0) is 69.1 Å². The second-order valence-electron chi connectivity index (χ2n) is 8.18. The molecule has 168 valence electrons. The number of nitrogens with one attached hydrogen (secondary N) is 1. The van der Waals surface area contributed by atoms with E-state index >= 15 is 0 Å². The van der Waals surface area contributed by atoms with E-state index in [2.05, 4.69) is 57.0 Å². The Morgan fingerprint density at radius 2 is 1.84 bits per heavy atom. The topological polar surface area (TPSA) is 63.1 Å². The third-order valence-electron chi connectivity index (χ3n) is 5.94. The average Bonchev–Trinajstić information content (AvgIpc) is 3.27. The lowest BCUT2D eigenvalue weighted by Crippen LogP contribution is -2.33. The molecule has 1 aromatic heterocycles. The van der Waals surface area contributed by atoms with Crippen LogP contribution in [-0.4, -0.2) is 44.4 Å². The van der Waals surface area contributed by atoms with Crippen molar-refractivity contribution in [1.82, 2.24) is 19.7 Å². The number of hydrogen-bond acceptors (Lipinski definition) is 5. The van der Waals surface area contributed by atoms with Gasteiger partial charge in [-0.15, -0.1) is 10.2 Å². The number of carbonyl (C=O) groups excluding carboxylic acids is 1. The first-order valence-corrected chi connectivity index (χ1v) is 12.4. The SMILES string of the molecule is CCc1cccc(NC(=O)CSc2nnc([C@H](C)N3CCCCC3)n2-c2ccccc2)c1. The molecule has 0 bridgehead atoms. The molecule has 0 radical (unpaired) electrons. The predicted octanol–water partition coefficient (Wildman–Crippen LogP) is 5.11. The van der Waals surface area contributed by atoms with Gasteiger partial charge >= 0.3 is 0 Å². The number of thioether (sulfide) groups is 1. The van der Waals surface area contributed by atoms with Crippen molar-refractivity contribution in [2.45, 2.75) is 50.7 Å². The molecule has 32 heavy (non-hydrogen) atoms. The van der Waals surface area contributed by atoms with Gasteiger partial charge in [0.2, 0.25) is 5.91 Å². The number of aryl methyl sites for hydroxylation is 1. The third-order valence-corrected chi connectivity index (χ3v) is 6.87. The summed E-state index contributed by atoms with van der Waals surface area (Å²) in [5.41, 5.74) is 3.06. The van der Waals surface area contributed by atoms with Crippen molar-refractivity contribution in [2.24, 2.45) is 0 Å². The number of amides is 1. The summed E-state index contributed by atoms with van der Waals surface area (Å²) < 4.78 is 2.11. The summed E-state index contributed by atoms with van der Waals surface area (Å²) in [6.45, 7) is 6.49. The van der Waals surface area contributed by atoms with E-state index < -0.39 is 0 Å². The van der Waals surface area contributed by atoms with Gasteiger partial charge in [-0.2, -0.15) is 0 Å². The minimum absolute atomic E-state index is 0.0449. The van der Waals surface area contributed by atoms with E-state index in [1.54, 1.807) is 0 Å². The Balaban J connectivity index is 1.51. The van der Waals surface area contributed by atoms with Gasteiger partial charge in [0.1, 0.15) is 0 Å². The highest BCUT2D eigenvalue weighted by molar-refractivity contribution is 7.99. The van der Waals surface area contributed by atoms with Crippen LogP contribution in [0.1, 0.15) is 50.5 Å². The average molecular weight is 450 g/mol. The van der Waals surface area contributed by atoms with Gasteiger partial charge in [0.25, 0.3) is 0 Å². The fraction of sp³-hybridized carbons (Fsp3) is 0.400. The molecule has 6 nitrogen and oxygen atoms in total. The van der Waals surface area contributed by atoms with Gasteiger partial charge < -0.3 is 5.32 Å². The van der Waals surface area contributed by atoms with Gasteiger partial charge in [0.15, 0.2) is 11.0 Å². The van der Waals surface area contributed by atoms with E-state index in [4.69, 9.17) is 0 Å². The second-order valence-corrected chi connectivity index (χ2v) is 9.12. The van der Waals surface area contributed by atoms with Gasteiger partial charge in [-0.3, -0.25) is 14.3 Å². The zero-order valence-corrected chi connectivity index (χ0v) is 19.6. The fourth-order valence-corrected chi connectivity index (χ4v) is 4.89. The Hall–Kier alpha value is -2.64. The number of para-hydroxylation sites is 1. The molecular formula is C25H31N5OS. The first-order chi connectivity index (χ1) is 15.7. The highest BCUT2D eigenvalue weighted by Gasteiger charge is 2.25. The third kappa shape index (κ3) is 5.40. The van der Waals surface area contributed by atoms with Crippen LogP contribution >= 0.6 is 11.8 Å². The molecule has 1 atom stereocenters. The Bertz CT molecular complexity index is 1030. The van der Waals surface area contributed by atoms with Crippen LogP contribution in [0.15, 0.2) is 59.8 Å². The van der Waals surface area contributed by atoms with Gasteiger partial charge in [0.05, 0.1) is 11.8 Å². The molecule has 1 N–H and O–H groups in total. The summed E-state index contributed by atoms with van der Waals surface area (Å²) >= 11 is 1.42. The maximum absolute atomic E-state index is 12.6. The number of likely N-dealkylation sites (tertiary alicyclic amines) is 1. The molecule has 0 saturated carbocycles. The molecule has 3 aromatic rings. The Kier molecular flexibility index (Phi) is 7.60. The molecular weight excluding hydrogens is 418 g/mol. The first kappa shape index (κ1) is 22.6. The van der Waals surface area contributed by atoms with Crippen molar-refractivity contribution in [3.63, 3.8) is 0 Å². The minimum atomic E-state index is -0.0449. The van der Waals surface area contributed by atoms with Crippen molar-refractivity contribution >= 4 is 23.4 Å². The summed E-state index contributed by atoms with van der Waals surface area (Å²) in [4.78, 5) is 15.1. The van der Waals surface area contributed by atoms with Gasteiger partial charge in [-0.1, -0.05) is 55.4 Å². The lowest BCUT2D eigenvalue weighted by molar-refractivity contribution is -0.113. The Morgan fingerprint density at radius 1 is 1.06 bits per heavy atom. The van der Waals surface area contributed by atoms with E-state index in [9.17, 15) is 4.79 Å². The lowest BCUT2D eigenvalue weighted by Gasteiger charge is -2.31. The van der Waals surface area contributed by atoms with Crippen LogP contribution in [0.3, 0.4) is 0 Å². The molecule has 2 aromatic carbocycles. The number of carbonyl (C=O) groups is 1. The second kappa shape index (κ2) is 10.8. The number of nitrogens with zero attached hydrogens (tertiary/aromatic N) is 4. The van der Waals surface area contributed by atoms with E-state index in [-0.39, 0.29) is 17.7 Å². The molecule has 7 heteroatoms. The number of aromatic nitrogens is 3. The summed E-state index contributed by atoms with van der Waals surface area (Å²) in [5, 5.41) is 12.8. The van der Waals surface area contributed by atoms with Crippen molar-refractivity contribution in [3.8, 4) is 5.69 Å². The van der Waals surface area contributed by atoms with Gasteiger partial charge in [0, 0.05) is 11.4 Å². The van der Waals surface area contributed by atoms with Crippen LogP contribution in [0, 0.1) is 0 Å². The number of benzene rings is 2. The molecule has 0 unspecified atom stereocenters. The molecule has 1 aliphatic rings. The molecule has 1 fully saturated rings. The highest BCUT2D eigenvalue weighted by Crippen LogP contribution is 2.29. The summed E-state index contributed by atoms with van der Waals surface area (Å²) in [5.74, 6) is 1.16. The van der Waals surface area contributed by atoms with Crippen molar-refractivity contribution < 1.29 is 4.79 Å². The van der Waals surface area contributed by atoms with Crippen LogP contribution in [0.25, 0.3) is 5.69 Å². The summed E-state index contributed by atoms with van der Waals surface area (Å²) in [6.07, 6.45) is 4.69. The van der Waals surface area contributed by atoms with Crippen molar-refractivity contribution in [3.05, 3.63) is 66.0 Å². The van der Waals surface area contributed by atoms with Crippen LogP contribution in [0.5, 0.6) is 0 Å². The standard InChI is InChI=1S/C25H31N5OS/c1-3-20-11-10-12-21(17-20)26-23(31)18-32-25-28-27-24(19(2)29-15-8-5-9-16-29)30(25)22-13-6-4-7-14-22/h4,6-7,10-14,17,19H,3,5,8-9,15-16,18H2,1-2H3,(H,26,31)/t19-/m0/s1. The van der Waals surface area contributed by atoms with Crippen LogP contribution in [-0.2, 0) is 11.2 Å². The maximum atomic E-state index is 12.6. The molecule has 4 rings (SSSR count). The molecule has 1 aliphatic heterocycles. The predicted molar refractivity (Wildman–Crippen MR) is 130 cm³/mol. The molecule has 0 spiro atoms. The van der Waals surface area contributed by atoms with Crippen molar-refractivity contribution in [1.29, 1.82) is 0 Å². The Morgan fingerprint density at radius 3 is 2.59 bits per heavy atom. The van der Waals surface area contributed by atoms with E-state index in [0.717, 1.165) is 41.9 Å². The summed E-state index contributed by atoms with van der Waals surface area (Å²) in [6, 6.07) is 18.3. The number of anilines is 1. The van der Waals surface area contributed by atoms with Crippen LogP contribution in [0.2, 0.25) is 0 Å². The largest absolute Gasteiger partial charge is 0.325 e. The zero-order chi connectivity index (χ0) is 22.3. The number of hydrogen-bond donors (Lipinski definition) is 1. The van der Waals surface area contributed by atoms with E-state index in [0.29, 0.717) is 0 Å². The minimum Gasteiger partial charge on any atom is -0.325 e. The molecule has 2 heterocycles. The highest BCUT2D eigenvalue weighted by atomic mass is 32.2. The maximum Gasteiger partial charge on any atom is 0.234 e. The molecule has 0 aliphatic carbocycles. The smallest absolute Gasteiger partial charge is 0.234 e. The lowest BCUT2D eigenvalue weighted by atomic mass is 10.1. The zero-order valence-electron chi connectivity index (χ0n) is 18.8. The number of piperidine rings is 1. The van der Waals surface area contributed by atoms with Gasteiger partial charge in [-0.25, -0.2) is 0 Å². The quantitative estimate of drug-likeness (QED) is 0.484. The summed E-state index contributed by atoms with van der Waals surface area (Å²) in [7, 11) is 0. The van der Waals surface area contributed by atoms with E-state index in [1.165, 1.54) is 36.6 Å². The van der Waals surface area contributed by atoms with Crippen molar-refractivity contribution in [2.75, 3.05) is 24.2 Å². The molecule has 1 amide bonds. The Labute approximate surface area is 194 Å². The first-order valence-electron chi connectivity index (χ1n) is 11.4. The fourth-order valence-electron chi connectivity index (χ4n) is 4.13. The molecule has 1 saturated heterocycles. The monoisotopic (exact) mass is 449 g/mol. The van der Waals surface area contributed by atoms with E-state index in [1.807, 2.05) is 36.4 Å². The normalized spacial score (nSPS) is 15.4. The van der Waals surface area contributed by atoms with Crippen LogP contribution < -0.4 is 5.32 Å². The van der Waals surface area contributed by atoms with Crippen LogP contribution in [0.4, 0.5) is 5.69 Å². The number of rotatable bonds is 8.